The van der Waals surface area contributed by atoms with Gasteiger partial charge in [-0.2, -0.15) is 5.10 Å². The van der Waals surface area contributed by atoms with E-state index < -0.39 is 0 Å². The van der Waals surface area contributed by atoms with Crippen molar-refractivity contribution >= 4 is 5.65 Å². The number of nitrogens with two attached hydrogens (primary N) is 1. The molecule has 4 nitrogen and oxygen atoms in total. The van der Waals surface area contributed by atoms with Crippen molar-refractivity contribution in [3.05, 3.63) is 23.7 Å². The van der Waals surface area contributed by atoms with Crippen molar-refractivity contribution in [1.29, 1.82) is 0 Å². The first-order chi connectivity index (χ1) is 7.79. The Morgan fingerprint density at radius 3 is 2.88 bits per heavy atom. The van der Waals surface area contributed by atoms with Gasteiger partial charge in [-0.1, -0.05) is 6.42 Å². The molecule has 86 valence electrons. The molecule has 4 heteroatoms. The molecule has 0 unspecified atom stereocenters. The summed E-state index contributed by atoms with van der Waals surface area (Å²) in [5.41, 5.74) is 9.23. The number of aromatic nitrogens is 3. The highest BCUT2D eigenvalue weighted by atomic mass is 15.3. The maximum Gasteiger partial charge on any atom is 0.140 e. The van der Waals surface area contributed by atoms with Crippen LogP contribution in [0.3, 0.4) is 0 Å². The van der Waals surface area contributed by atoms with Crippen LogP contribution in [0, 0.1) is 12.8 Å². The Morgan fingerprint density at radius 2 is 2.25 bits per heavy atom. The zero-order chi connectivity index (χ0) is 11.1. The van der Waals surface area contributed by atoms with Gasteiger partial charge in [-0.3, -0.25) is 0 Å². The standard InChI is InChI=1S/C12H18N4/c1-9-11(7-13)12-15(5-6-16(12)14-9)8-10-3-2-4-10/h5-6,10H,2-4,7-8,13H2,1H3. The monoisotopic (exact) mass is 218 g/mol. The van der Waals surface area contributed by atoms with Gasteiger partial charge in [0.05, 0.1) is 5.69 Å². The van der Waals surface area contributed by atoms with E-state index in [-0.39, 0.29) is 0 Å². The number of hydrogen-bond acceptors (Lipinski definition) is 2. The second kappa shape index (κ2) is 3.63. The van der Waals surface area contributed by atoms with E-state index in [1.165, 1.54) is 30.5 Å². The number of hydrogen-bond donors (Lipinski definition) is 1. The summed E-state index contributed by atoms with van der Waals surface area (Å²) in [6.07, 6.45) is 8.29. The molecule has 1 saturated carbocycles. The third kappa shape index (κ3) is 1.37. The van der Waals surface area contributed by atoms with Gasteiger partial charge in [0.25, 0.3) is 0 Å². The van der Waals surface area contributed by atoms with E-state index in [1.807, 2.05) is 17.6 Å². The summed E-state index contributed by atoms with van der Waals surface area (Å²) in [5, 5.41) is 4.47. The van der Waals surface area contributed by atoms with E-state index >= 15 is 0 Å². The average Bonchev–Trinajstić information content (AvgIpc) is 2.70. The van der Waals surface area contributed by atoms with Crippen LogP contribution in [0.4, 0.5) is 0 Å². The fourth-order valence-electron chi connectivity index (χ4n) is 2.53. The van der Waals surface area contributed by atoms with Crippen molar-refractivity contribution in [1.82, 2.24) is 14.2 Å². The van der Waals surface area contributed by atoms with Crippen molar-refractivity contribution in [3.8, 4) is 0 Å². The second-order valence-corrected chi connectivity index (χ2v) is 4.78. The summed E-state index contributed by atoms with van der Waals surface area (Å²) in [7, 11) is 0. The van der Waals surface area contributed by atoms with Gasteiger partial charge < -0.3 is 10.3 Å². The van der Waals surface area contributed by atoms with E-state index in [4.69, 9.17) is 5.73 Å². The van der Waals surface area contributed by atoms with Crippen LogP contribution in [0.5, 0.6) is 0 Å². The Morgan fingerprint density at radius 1 is 1.44 bits per heavy atom. The van der Waals surface area contributed by atoms with E-state index in [0.29, 0.717) is 6.54 Å². The van der Waals surface area contributed by atoms with E-state index in [1.54, 1.807) is 0 Å². The molecule has 0 radical (unpaired) electrons. The molecular formula is C12H18N4. The number of fused-ring (bicyclic) bond motifs is 1. The first kappa shape index (κ1) is 9.90. The zero-order valence-electron chi connectivity index (χ0n) is 9.69. The highest BCUT2D eigenvalue weighted by Gasteiger charge is 2.20. The van der Waals surface area contributed by atoms with Crippen molar-refractivity contribution in [3.63, 3.8) is 0 Å². The predicted molar refractivity (Wildman–Crippen MR) is 63.2 cm³/mol. The largest absolute Gasteiger partial charge is 0.331 e. The Labute approximate surface area is 95.0 Å². The van der Waals surface area contributed by atoms with Crippen LogP contribution in [0.2, 0.25) is 0 Å². The van der Waals surface area contributed by atoms with Crippen LogP contribution in [-0.2, 0) is 13.1 Å². The maximum absolute atomic E-state index is 5.80. The van der Waals surface area contributed by atoms with E-state index in [0.717, 1.165) is 18.2 Å². The summed E-state index contributed by atoms with van der Waals surface area (Å²) in [5.74, 6) is 0.858. The summed E-state index contributed by atoms with van der Waals surface area (Å²) >= 11 is 0. The Balaban J connectivity index is 2.02. The smallest absolute Gasteiger partial charge is 0.140 e. The van der Waals surface area contributed by atoms with Gasteiger partial charge in [-0.05, 0) is 25.7 Å². The van der Waals surface area contributed by atoms with Gasteiger partial charge in [-0.15, -0.1) is 0 Å². The number of aryl methyl sites for hydroxylation is 1. The molecule has 1 aliphatic carbocycles. The predicted octanol–water partition coefficient (Wildman–Crippen LogP) is 1.70. The van der Waals surface area contributed by atoms with Crippen LogP contribution in [0.25, 0.3) is 5.65 Å². The van der Waals surface area contributed by atoms with Crippen LogP contribution in [0.15, 0.2) is 12.4 Å². The minimum atomic E-state index is 0.573. The molecule has 2 N–H and O–H groups in total. The van der Waals surface area contributed by atoms with Crippen molar-refractivity contribution in [2.75, 3.05) is 0 Å². The third-order valence-electron chi connectivity index (χ3n) is 3.73. The molecule has 2 aromatic heterocycles. The topological polar surface area (TPSA) is 48.2 Å². The zero-order valence-corrected chi connectivity index (χ0v) is 9.69. The lowest BCUT2D eigenvalue weighted by Gasteiger charge is -2.25. The summed E-state index contributed by atoms with van der Waals surface area (Å²) in [6, 6.07) is 0. The molecule has 0 amide bonds. The minimum Gasteiger partial charge on any atom is -0.331 e. The molecule has 0 aliphatic heterocycles. The average molecular weight is 218 g/mol. The molecule has 2 heterocycles. The SMILES string of the molecule is Cc1nn2ccn(CC3CCC3)c2c1CN. The summed E-state index contributed by atoms with van der Waals surface area (Å²) < 4.78 is 4.27. The van der Waals surface area contributed by atoms with Gasteiger partial charge in [0, 0.05) is 31.0 Å². The van der Waals surface area contributed by atoms with Crippen LogP contribution >= 0.6 is 0 Å². The molecular weight excluding hydrogens is 200 g/mol. The molecule has 2 aromatic rings. The van der Waals surface area contributed by atoms with Crippen LogP contribution in [-0.4, -0.2) is 14.2 Å². The van der Waals surface area contributed by atoms with Gasteiger partial charge in [-0.25, -0.2) is 4.52 Å². The second-order valence-electron chi connectivity index (χ2n) is 4.78. The Bertz CT molecular complexity index is 504. The molecule has 1 aliphatic rings. The minimum absolute atomic E-state index is 0.573. The van der Waals surface area contributed by atoms with Gasteiger partial charge in [0.1, 0.15) is 5.65 Å². The third-order valence-corrected chi connectivity index (χ3v) is 3.73. The van der Waals surface area contributed by atoms with Crippen LogP contribution < -0.4 is 5.73 Å². The maximum atomic E-state index is 5.80. The first-order valence-corrected chi connectivity index (χ1v) is 6.02. The van der Waals surface area contributed by atoms with E-state index in [9.17, 15) is 0 Å². The lowest BCUT2D eigenvalue weighted by atomic mass is 9.85. The Kier molecular flexibility index (Phi) is 2.24. The van der Waals surface area contributed by atoms with Crippen molar-refractivity contribution < 1.29 is 0 Å². The molecule has 0 spiro atoms. The fraction of sp³-hybridized carbons (Fsp3) is 0.583. The molecule has 0 atom stereocenters. The van der Waals surface area contributed by atoms with Gasteiger partial charge >= 0.3 is 0 Å². The lowest BCUT2D eigenvalue weighted by molar-refractivity contribution is 0.279. The molecule has 0 bridgehead atoms. The molecule has 0 saturated heterocycles. The molecule has 0 aromatic carbocycles. The number of nitrogens with zero attached hydrogens (tertiary/aromatic N) is 3. The van der Waals surface area contributed by atoms with Crippen molar-refractivity contribution in [2.24, 2.45) is 11.7 Å². The molecule has 1 fully saturated rings. The van der Waals surface area contributed by atoms with Gasteiger partial charge in [0.2, 0.25) is 0 Å². The molecule has 16 heavy (non-hydrogen) atoms. The van der Waals surface area contributed by atoms with E-state index in [2.05, 4.69) is 15.9 Å². The molecule has 3 rings (SSSR count). The summed E-state index contributed by atoms with van der Waals surface area (Å²) in [4.78, 5) is 0. The highest BCUT2D eigenvalue weighted by molar-refractivity contribution is 5.51. The Hall–Kier alpha value is -1.29. The number of rotatable bonds is 3. The quantitative estimate of drug-likeness (QED) is 0.852. The van der Waals surface area contributed by atoms with Gasteiger partial charge in [0.15, 0.2) is 0 Å². The lowest BCUT2D eigenvalue weighted by Crippen LogP contribution is -2.18. The van der Waals surface area contributed by atoms with Crippen molar-refractivity contribution in [2.45, 2.75) is 39.3 Å². The normalized spacial score (nSPS) is 16.9. The first-order valence-electron chi connectivity index (χ1n) is 6.02. The fourth-order valence-corrected chi connectivity index (χ4v) is 2.53. The van der Waals surface area contributed by atoms with Crippen LogP contribution in [0.1, 0.15) is 30.5 Å². The highest BCUT2D eigenvalue weighted by Crippen LogP contribution is 2.29. The number of imidazole rings is 1. The summed E-state index contributed by atoms with van der Waals surface area (Å²) in [6.45, 7) is 3.72.